The van der Waals surface area contributed by atoms with Gasteiger partial charge in [0.1, 0.15) is 10.9 Å². The number of nitrogen functional groups attached to an aromatic ring is 1. The van der Waals surface area contributed by atoms with Gasteiger partial charge in [-0.1, -0.05) is 18.2 Å². The van der Waals surface area contributed by atoms with E-state index in [1.165, 1.54) is 16.9 Å². The largest absolute Gasteiger partial charge is 0.397 e. The van der Waals surface area contributed by atoms with E-state index in [1.807, 2.05) is 42.5 Å². The maximum absolute atomic E-state index is 12.7. The summed E-state index contributed by atoms with van der Waals surface area (Å²) in [5.41, 5.74) is 9.78. The molecule has 0 radical (unpaired) electrons. The zero-order valence-corrected chi connectivity index (χ0v) is 17.2. The number of morpholine rings is 1. The average Bonchev–Trinajstić information content (AvgIpc) is 3.26. The lowest BCUT2D eigenvalue weighted by Crippen LogP contribution is -2.35. The molecule has 0 spiro atoms. The summed E-state index contributed by atoms with van der Waals surface area (Å²) >= 11 is 1.41. The molecule has 3 aromatic rings. The molecule has 1 saturated heterocycles. The third-order valence-corrected chi connectivity index (χ3v) is 6.07. The first-order valence-corrected chi connectivity index (χ1v) is 10.5. The molecule has 1 aliphatic rings. The molecule has 2 aromatic carbocycles. The Labute approximate surface area is 179 Å². The predicted molar refractivity (Wildman–Crippen MR) is 119 cm³/mol. The first-order valence-electron chi connectivity index (χ1n) is 9.72. The fourth-order valence-corrected chi connectivity index (χ4v) is 4.14. The van der Waals surface area contributed by atoms with Gasteiger partial charge in [0.15, 0.2) is 0 Å². The lowest BCUT2D eigenvalue weighted by atomic mass is 10.1. The van der Waals surface area contributed by atoms with Crippen molar-refractivity contribution in [3.05, 3.63) is 70.6 Å². The van der Waals surface area contributed by atoms with Crippen LogP contribution in [0.4, 0.5) is 11.4 Å². The molecule has 0 aliphatic carbocycles. The van der Waals surface area contributed by atoms with Crippen LogP contribution in [0.5, 0.6) is 0 Å². The molecule has 1 fully saturated rings. The van der Waals surface area contributed by atoms with Crippen LogP contribution < -0.4 is 11.1 Å². The van der Waals surface area contributed by atoms with Gasteiger partial charge in [0.25, 0.3) is 5.91 Å². The van der Waals surface area contributed by atoms with Crippen LogP contribution in [-0.2, 0) is 11.3 Å². The number of rotatable bonds is 5. The lowest BCUT2D eigenvalue weighted by molar-refractivity contribution is 0.0342. The molecular formula is C23H22N4O2S. The van der Waals surface area contributed by atoms with Crippen LogP contribution in [0.15, 0.2) is 54.6 Å². The second kappa shape index (κ2) is 9.09. The Morgan fingerprint density at radius 3 is 2.60 bits per heavy atom. The Morgan fingerprint density at radius 1 is 1.13 bits per heavy atom. The number of anilines is 2. The maximum Gasteiger partial charge on any atom is 0.255 e. The number of nitrogens with zero attached hydrogens (tertiary/aromatic N) is 2. The average molecular weight is 419 g/mol. The van der Waals surface area contributed by atoms with E-state index in [4.69, 9.17) is 15.7 Å². The smallest absolute Gasteiger partial charge is 0.255 e. The Balaban J connectivity index is 1.45. The number of carbonyl (C=O) groups excluding carboxylic acids is 1. The van der Waals surface area contributed by atoms with Gasteiger partial charge in [0.05, 0.1) is 24.6 Å². The third-order valence-electron chi connectivity index (χ3n) is 5.03. The summed E-state index contributed by atoms with van der Waals surface area (Å²) in [5, 5.41) is 11.9. The second-order valence-electron chi connectivity index (χ2n) is 7.12. The monoisotopic (exact) mass is 418 g/mol. The molecule has 30 heavy (non-hydrogen) atoms. The molecule has 7 heteroatoms. The van der Waals surface area contributed by atoms with E-state index in [1.54, 1.807) is 12.1 Å². The highest BCUT2D eigenvalue weighted by molar-refractivity contribution is 7.16. The van der Waals surface area contributed by atoms with E-state index >= 15 is 0 Å². The van der Waals surface area contributed by atoms with E-state index in [-0.39, 0.29) is 5.91 Å². The standard InChI is InChI=1S/C23H22N4O2S/c24-14-19-6-8-22(30-19)18-5-7-20(25)21(13-18)26-23(28)17-3-1-16(2-4-17)15-27-9-11-29-12-10-27/h1-8,13H,9-12,15,25H2,(H,26,28). The first kappa shape index (κ1) is 20.1. The number of hydrogen-bond acceptors (Lipinski definition) is 6. The molecule has 1 amide bonds. The molecule has 3 N–H and O–H groups in total. The van der Waals surface area contributed by atoms with Gasteiger partial charge in [-0.25, -0.2) is 0 Å². The fraction of sp³-hybridized carbons (Fsp3) is 0.217. The Morgan fingerprint density at radius 2 is 1.90 bits per heavy atom. The van der Waals surface area contributed by atoms with Crippen LogP contribution in [0, 0.1) is 11.3 Å². The van der Waals surface area contributed by atoms with Crippen molar-refractivity contribution >= 4 is 28.6 Å². The normalized spacial score (nSPS) is 14.2. The van der Waals surface area contributed by atoms with Gasteiger partial charge < -0.3 is 15.8 Å². The van der Waals surface area contributed by atoms with Crippen LogP contribution in [-0.4, -0.2) is 37.1 Å². The third kappa shape index (κ3) is 4.69. The van der Waals surface area contributed by atoms with Gasteiger partial charge in [-0.2, -0.15) is 5.26 Å². The molecule has 1 aromatic heterocycles. The van der Waals surface area contributed by atoms with Crippen LogP contribution in [0.3, 0.4) is 0 Å². The quantitative estimate of drug-likeness (QED) is 0.612. The highest BCUT2D eigenvalue weighted by Gasteiger charge is 2.13. The van der Waals surface area contributed by atoms with E-state index < -0.39 is 0 Å². The summed E-state index contributed by atoms with van der Waals surface area (Å²) in [6.07, 6.45) is 0. The highest BCUT2D eigenvalue weighted by Crippen LogP contribution is 2.32. The Bertz CT molecular complexity index is 1080. The molecule has 2 heterocycles. The zero-order valence-electron chi connectivity index (χ0n) is 16.4. The maximum atomic E-state index is 12.7. The molecule has 0 bridgehead atoms. The number of nitriles is 1. The Hall–Kier alpha value is -3.18. The van der Waals surface area contributed by atoms with Gasteiger partial charge in [0.2, 0.25) is 0 Å². The van der Waals surface area contributed by atoms with Crippen molar-refractivity contribution in [1.29, 1.82) is 5.26 Å². The van der Waals surface area contributed by atoms with Crippen LogP contribution in [0.25, 0.3) is 10.4 Å². The molecular weight excluding hydrogens is 396 g/mol. The molecule has 152 valence electrons. The van der Waals surface area contributed by atoms with Gasteiger partial charge >= 0.3 is 0 Å². The lowest BCUT2D eigenvalue weighted by Gasteiger charge is -2.26. The molecule has 0 saturated carbocycles. The molecule has 0 unspecified atom stereocenters. The zero-order chi connectivity index (χ0) is 20.9. The van der Waals surface area contributed by atoms with E-state index in [2.05, 4.69) is 16.3 Å². The van der Waals surface area contributed by atoms with Crippen LogP contribution in [0.2, 0.25) is 0 Å². The van der Waals surface area contributed by atoms with Gasteiger partial charge in [-0.3, -0.25) is 9.69 Å². The highest BCUT2D eigenvalue weighted by atomic mass is 32.1. The van der Waals surface area contributed by atoms with Gasteiger partial charge in [-0.15, -0.1) is 11.3 Å². The van der Waals surface area contributed by atoms with Crippen molar-refractivity contribution in [2.24, 2.45) is 0 Å². The van der Waals surface area contributed by atoms with E-state index in [0.29, 0.717) is 21.8 Å². The van der Waals surface area contributed by atoms with Gasteiger partial charge in [0, 0.05) is 30.1 Å². The van der Waals surface area contributed by atoms with Crippen LogP contribution >= 0.6 is 11.3 Å². The Kier molecular flexibility index (Phi) is 6.10. The summed E-state index contributed by atoms with van der Waals surface area (Å²) < 4.78 is 5.38. The van der Waals surface area contributed by atoms with E-state index in [9.17, 15) is 4.79 Å². The number of carbonyl (C=O) groups is 1. The number of benzene rings is 2. The number of thiophene rings is 1. The summed E-state index contributed by atoms with van der Waals surface area (Å²) in [5.74, 6) is -0.208. The molecule has 4 rings (SSSR count). The topological polar surface area (TPSA) is 91.4 Å². The fourth-order valence-electron chi connectivity index (χ4n) is 3.34. The SMILES string of the molecule is N#Cc1ccc(-c2ccc(N)c(NC(=O)c3ccc(CN4CCOCC4)cc3)c2)s1. The van der Waals surface area contributed by atoms with Crippen molar-refractivity contribution in [1.82, 2.24) is 4.90 Å². The predicted octanol–water partition coefficient (Wildman–Crippen LogP) is 3.95. The second-order valence-corrected chi connectivity index (χ2v) is 8.20. The van der Waals surface area contributed by atoms with Crippen LogP contribution in [0.1, 0.15) is 20.8 Å². The summed E-state index contributed by atoms with van der Waals surface area (Å²) in [6.45, 7) is 4.25. The minimum Gasteiger partial charge on any atom is -0.397 e. The van der Waals surface area contributed by atoms with E-state index in [0.717, 1.165) is 43.3 Å². The number of nitrogens with two attached hydrogens (primary N) is 1. The van der Waals surface area contributed by atoms with Crippen molar-refractivity contribution in [2.45, 2.75) is 6.54 Å². The van der Waals surface area contributed by atoms with Crippen molar-refractivity contribution in [2.75, 3.05) is 37.4 Å². The number of amides is 1. The molecule has 0 atom stereocenters. The summed E-state index contributed by atoms with van der Waals surface area (Å²) in [4.78, 5) is 16.7. The minimum atomic E-state index is -0.208. The van der Waals surface area contributed by atoms with Gasteiger partial charge in [-0.05, 0) is 47.5 Å². The molecule has 1 aliphatic heterocycles. The van der Waals surface area contributed by atoms with Crippen molar-refractivity contribution < 1.29 is 9.53 Å². The number of nitrogens with one attached hydrogen (secondary N) is 1. The van der Waals surface area contributed by atoms with Crippen molar-refractivity contribution in [3.8, 4) is 16.5 Å². The number of ether oxygens (including phenoxy) is 1. The summed E-state index contributed by atoms with van der Waals surface area (Å²) in [6, 6.07) is 19.0. The first-order chi connectivity index (χ1) is 14.6. The summed E-state index contributed by atoms with van der Waals surface area (Å²) in [7, 11) is 0. The number of hydrogen-bond donors (Lipinski definition) is 2. The molecule has 6 nitrogen and oxygen atoms in total. The minimum absolute atomic E-state index is 0.208. The van der Waals surface area contributed by atoms with Crippen molar-refractivity contribution in [3.63, 3.8) is 0 Å².